The summed E-state index contributed by atoms with van der Waals surface area (Å²) in [6, 6.07) is 0.608. The second-order valence-electron chi connectivity index (χ2n) is 4.81. The van der Waals surface area contributed by atoms with Gasteiger partial charge in [0.25, 0.3) is 0 Å². The zero-order chi connectivity index (χ0) is 9.97. The Labute approximate surface area is 86.8 Å². The fourth-order valence-electron chi connectivity index (χ4n) is 2.44. The van der Waals surface area contributed by atoms with Crippen LogP contribution in [0.4, 0.5) is 0 Å². The van der Waals surface area contributed by atoms with Crippen molar-refractivity contribution in [3.63, 3.8) is 0 Å². The van der Waals surface area contributed by atoms with Gasteiger partial charge in [0.05, 0.1) is 13.2 Å². The number of ether oxygens (including phenoxy) is 1. The molecule has 2 heterocycles. The zero-order valence-electron chi connectivity index (χ0n) is 9.33. The van der Waals surface area contributed by atoms with E-state index >= 15 is 0 Å². The van der Waals surface area contributed by atoms with Crippen LogP contribution in [0.5, 0.6) is 0 Å². The molecule has 0 bridgehead atoms. The lowest BCUT2D eigenvalue weighted by Gasteiger charge is -2.35. The maximum absolute atomic E-state index is 5.45. The van der Waals surface area contributed by atoms with Gasteiger partial charge in [-0.25, -0.2) is 0 Å². The number of nitrogens with one attached hydrogen (secondary N) is 1. The SMILES string of the molecule is CC1CNCC1CN1CCOCC1C. The molecule has 0 aromatic carbocycles. The summed E-state index contributed by atoms with van der Waals surface area (Å²) in [5.74, 6) is 1.68. The molecule has 0 radical (unpaired) electrons. The summed E-state index contributed by atoms with van der Waals surface area (Å²) in [7, 11) is 0. The number of hydrogen-bond donors (Lipinski definition) is 1. The summed E-state index contributed by atoms with van der Waals surface area (Å²) >= 11 is 0. The van der Waals surface area contributed by atoms with Gasteiger partial charge in [-0.05, 0) is 31.8 Å². The molecule has 0 amide bonds. The van der Waals surface area contributed by atoms with Crippen LogP contribution >= 0.6 is 0 Å². The largest absolute Gasteiger partial charge is 0.379 e. The van der Waals surface area contributed by atoms with E-state index in [1.54, 1.807) is 0 Å². The van der Waals surface area contributed by atoms with E-state index in [9.17, 15) is 0 Å². The molecular weight excluding hydrogens is 176 g/mol. The third kappa shape index (κ3) is 2.27. The summed E-state index contributed by atoms with van der Waals surface area (Å²) in [6.45, 7) is 11.2. The van der Waals surface area contributed by atoms with Crippen LogP contribution in [0.15, 0.2) is 0 Å². The number of hydrogen-bond acceptors (Lipinski definition) is 3. The first kappa shape index (κ1) is 10.4. The van der Waals surface area contributed by atoms with E-state index in [0.29, 0.717) is 6.04 Å². The van der Waals surface area contributed by atoms with Gasteiger partial charge in [-0.1, -0.05) is 6.92 Å². The number of morpholine rings is 1. The molecule has 2 aliphatic rings. The third-order valence-electron chi connectivity index (χ3n) is 3.65. The standard InChI is InChI=1S/C11H22N2O/c1-9-5-12-6-11(9)7-13-3-4-14-8-10(13)2/h9-12H,3-8H2,1-2H3. The quantitative estimate of drug-likeness (QED) is 0.702. The van der Waals surface area contributed by atoms with Crippen LogP contribution in [0, 0.1) is 11.8 Å². The van der Waals surface area contributed by atoms with Gasteiger partial charge < -0.3 is 10.1 Å². The minimum atomic E-state index is 0.608. The average molecular weight is 198 g/mol. The fourth-order valence-corrected chi connectivity index (χ4v) is 2.44. The Morgan fingerprint density at radius 1 is 1.36 bits per heavy atom. The van der Waals surface area contributed by atoms with Gasteiger partial charge >= 0.3 is 0 Å². The van der Waals surface area contributed by atoms with Crippen LogP contribution < -0.4 is 5.32 Å². The Bertz CT molecular complexity index is 186. The first-order valence-electron chi connectivity index (χ1n) is 5.80. The smallest absolute Gasteiger partial charge is 0.0619 e. The van der Waals surface area contributed by atoms with Crippen molar-refractivity contribution < 1.29 is 4.74 Å². The van der Waals surface area contributed by atoms with E-state index < -0.39 is 0 Å². The monoisotopic (exact) mass is 198 g/mol. The molecule has 0 aromatic rings. The van der Waals surface area contributed by atoms with E-state index in [0.717, 1.165) is 31.6 Å². The molecule has 0 spiro atoms. The van der Waals surface area contributed by atoms with Crippen molar-refractivity contribution in [3.8, 4) is 0 Å². The summed E-state index contributed by atoms with van der Waals surface area (Å²) in [5, 5.41) is 3.47. The van der Waals surface area contributed by atoms with Gasteiger partial charge in [-0.3, -0.25) is 4.90 Å². The Morgan fingerprint density at radius 2 is 2.21 bits per heavy atom. The van der Waals surface area contributed by atoms with Crippen molar-refractivity contribution in [2.24, 2.45) is 11.8 Å². The van der Waals surface area contributed by atoms with E-state index in [-0.39, 0.29) is 0 Å². The van der Waals surface area contributed by atoms with E-state index in [1.165, 1.54) is 19.6 Å². The lowest BCUT2D eigenvalue weighted by molar-refractivity contribution is -0.00823. The molecule has 14 heavy (non-hydrogen) atoms. The molecule has 3 atom stereocenters. The van der Waals surface area contributed by atoms with Crippen molar-refractivity contribution in [1.29, 1.82) is 0 Å². The highest BCUT2D eigenvalue weighted by molar-refractivity contribution is 4.83. The molecule has 2 saturated heterocycles. The molecule has 1 N–H and O–H groups in total. The summed E-state index contributed by atoms with van der Waals surface area (Å²) in [6.07, 6.45) is 0. The molecule has 2 rings (SSSR count). The van der Waals surface area contributed by atoms with Gasteiger partial charge in [0, 0.05) is 19.1 Å². The normalized spacial score (nSPS) is 40.3. The van der Waals surface area contributed by atoms with E-state index in [2.05, 4.69) is 24.1 Å². The summed E-state index contributed by atoms with van der Waals surface area (Å²) < 4.78 is 5.45. The van der Waals surface area contributed by atoms with Crippen LogP contribution in [0.3, 0.4) is 0 Å². The van der Waals surface area contributed by atoms with E-state index in [1.807, 2.05) is 0 Å². The highest BCUT2D eigenvalue weighted by Gasteiger charge is 2.28. The average Bonchev–Trinajstić information content (AvgIpc) is 2.56. The molecule has 2 aliphatic heterocycles. The minimum Gasteiger partial charge on any atom is -0.379 e. The summed E-state index contributed by atoms with van der Waals surface area (Å²) in [4.78, 5) is 2.58. The first-order chi connectivity index (χ1) is 6.77. The number of nitrogens with zero attached hydrogens (tertiary/aromatic N) is 1. The highest BCUT2D eigenvalue weighted by atomic mass is 16.5. The molecule has 0 aliphatic carbocycles. The lowest BCUT2D eigenvalue weighted by atomic mass is 9.97. The van der Waals surface area contributed by atoms with E-state index in [4.69, 9.17) is 4.74 Å². The van der Waals surface area contributed by atoms with Gasteiger partial charge in [0.2, 0.25) is 0 Å². The van der Waals surface area contributed by atoms with Crippen LogP contribution in [0.2, 0.25) is 0 Å². The molecule has 3 nitrogen and oxygen atoms in total. The van der Waals surface area contributed by atoms with Crippen molar-refractivity contribution in [2.45, 2.75) is 19.9 Å². The highest BCUT2D eigenvalue weighted by Crippen LogP contribution is 2.19. The van der Waals surface area contributed by atoms with Gasteiger partial charge in [-0.2, -0.15) is 0 Å². The van der Waals surface area contributed by atoms with Crippen molar-refractivity contribution in [3.05, 3.63) is 0 Å². The minimum absolute atomic E-state index is 0.608. The lowest BCUT2D eigenvalue weighted by Crippen LogP contribution is -2.46. The molecule has 82 valence electrons. The summed E-state index contributed by atoms with van der Waals surface area (Å²) in [5.41, 5.74) is 0. The van der Waals surface area contributed by atoms with Crippen molar-refractivity contribution in [1.82, 2.24) is 10.2 Å². The second-order valence-corrected chi connectivity index (χ2v) is 4.81. The fraction of sp³-hybridized carbons (Fsp3) is 1.00. The Hall–Kier alpha value is -0.120. The topological polar surface area (TPSA) is 24.5 Å². The Kier molecular flexibility index (Phi) is 3.42. The number of rotatable bonds is 2. The predicted octanol–water partition coefficient (Wildman–Crippen LogP) is 0.563. The van der Waals surface area contributed by atoms with Crippen LogP contribution in [0.1, 0.15) is 13.8 Å². The zero-order valence-corrected chi connectivity index (χ0v) is 9.33. The van der Waals surface area contributed by atoms with Gasteiger partial charge in [-0.15, -0.1) is 0 Å². The molecular formula is C11H22N2O. The molecule has 0 aromatic heterocycles. The Balaban J connectivity index is 1.83. The molecule has 0 saturated carbocycles. The van der Waals surface area contributed by atoms with Crippen LogP contribution in [-0.4, -0.2) is 50.3 Å². The second kappa shape index (κ2) is 4.60. The first-order valence-corrected chi connectivity index (χ1v) is 5.80. The maximum Gasteiger partial charge on any atom is 0.0619 e. The maximum atomic E-state index is 5.45. The van der Waals surface area contributed by atoms with Crippen LogP contribution in [0.25, 0.3) is 0 Å². The van der Waals surface area contributed by atoms with Gasteiger partial charge in [0.15, 0.2) is 0 Å². The molecule has 2 fully saturated rings. The van der Waals surface area contributed by atoms with Crippen molar-refractivity contribution in [2.75, 3.05) is 39.4 Å². The molecule has 3 unspecified atom stereocenters. The Morgan fingerprint density at radius 3 is 2.86 bits per heavy atom. The van der Waals surface area contributed by atoms with Gasteiger partial charge in [0.1, 0.15) is 0 Å². The predicted molar refractivity (Wildman–Crippen MR) is 57.4 cm³/mol. The van der Waals surface area contributed by atoms with Crippen molar-refractivity contribution >= 4 is 0 Å². The van der Waals surface area contributed by atoms with Crippen LogP contribution in [-0.2, 0) is 4.74 Å². The molecule has 3 heteroatoms. The third-order valence-corrected chi connectivity index (χ3v) is 3.65.